The topological polar surface area (TPSA) is 9.23 Å². The molecule has 5 heavy (non-hydrogen) atoms. The fourth-order valence-electron chi connectivity index (χ4n) is 0.0227. The maximum absolute atomic E-state index is 4.21. The summed E-state index contributed by atoms with van der Waals surface area (Å²) in [6.07, 6.45) is 0. The first kappa shape index (κ1) is 4.98. The molecule has 0 aliphatic rings. The fraction of sp³-hybridized carbons (Fsp3) is 0. The molecule has 0 aliphatic heterocycles. The fourth-order valence-corrected chi connectivity index (χ4v) is 0.204. The molecule has 0 saturated heterocycles. The Bertz CT molecular complexity index is 36.9. The second-order valence-electron chi connectivity index (χ2n) is 0.329. The molecule has 0 spiro atoms. The smallest absolute Gasteiger partial charge is 0.154 e. The van der Waals surface area contributed by atoms with Crippen molar-refractivity contribution in [2.45, 2.75) is 0 Å². The molecular formula is C2H2OS2. The van der Waals surface area contributed by atoms with Crippen molar-refractivity contribution in [1.82, 2.24) is 0 Å². The van der Waals surface area contributed by atoms with Crippen molar-refractivity contribution in [3.05, 3.63) is 0 Å². The summed E-state index contributed by atoms with van der Waals surface area (Å²) in [6, 6.07) is 0. The average molecular weight is 106 g/mol. The molecule has 0 rings (SSSR count). The predicted octanol–water partition coefficient (Wildman–Crippen LogP) is 0.917. The molecule has 0 amide bonds. The Morgan fingerprint density at radius 1 is 1.20 bits per heavy atom. The van der Waals surface area contributed by atoms with Crippen LogP contribution in [0.3, 0.4) is 0 Å². The molecule has 0 heterocycles. The van der Waals surface area contributed by atoms with Crippen molar-refractivity contribution in [3.63, 3.8) is 0 Å². The Hall–Kier alpha value is -0.0200. The van der Waals surface area contributed by atoms with Crippen LogP contribution in [0.1, 0.15) is 0 Å². The second-order valence-corrected chi connectivity index (χ2v) is 0.713. The van der Waals surface area contributed by atoms with Gasteiger partial charge in [-0.15, -0.1) is 0 Å². The van der Waals surface area contributed by atoms with Gasteiger partial charge in [0, 0.05) is 0 Å². The van der Waals surface area contributed by atoms with Crippen LogP contribution in [0, 0.1) is 0 Å². The van der Waals surface area contributed by atoms with E-state index in [2.05, 4.69) is 29.2 Å². The third-order valence-corrected chi connectivity index (χ3v) is 0.333. The molecule has 0 bridgehead atoms. The van der Waals surface area contributed by atoms with Crippen LogP contribution in [0.4, 0.5) is 0 Å². The minimum absolute atomic E-state index is 1.10. The van der Waals surface area contributed by atoms with Gasteiger partial charge in [-0.25, -0.2) is 0 Å². The van der Waals surface area contributed by atoms with E-state index < -0.39 is 0 Å². The van der Waals surface area contributed by atoms with Crippen LogP contribution in [0.15, 0.2) is 0 Å². The molecule has 1 nitrogen and oxygen atoms in total. The van der Waals surface area contributed by atoms with Crippen LogP contribution in [0.5, 0.6) is 0 Å². The van der Waals surface area contributed by atoms with Crippen LogP contribution in [0.2, 0.25) is 0 Å². The molecule has 0 aromatic rings. The number of hydrogen-bond acceptors (Lipinski definition) is 3. The normalized spacial score (nSPS) is 5.60. The Labute approximate surface area is 40.9 Å². The summed E-state index contributed by atoms with van der Waals surface area (Å²) in [5, 5.41) is 0. The van der Waals surface area contributed by atoms with Gasteiger partial charge in [0.05, 0.1) is 0 Å². The molecule has 0 aromatic carbocycles. The Morgan fingerprint density at radius 2 is 1.60 bits per heavy atom. The van der Waals surface area contributed by atoms with Crippen LogP contribution in [0.25, 0.3) is 0 Å². The molecule has 0 fully saturated rings. The van der Waals surface area contributed by atoms with Gasteiger partial charge in [-0.3, -0.25) is 0 Å². The zero-order valence-electron chi connectivity index (χ0n) is 2.38. The largest absolute Gasteiger partial charge is 0.450 e. The molecule has 0 aliphatic carbocycles. The Morgan fingerprint density at radius 3 is 1.60 bits per heavy atom. The average Bonchev–Trinajstić information content (AvgIpc) is 1.41. The highest BCUT2D eigenvalue weighted by atomic mass is 32.1. The van der Waals surface area contributed by atoms with E-state index >= 15 is 0 Å². The highest BCUT2D eigenvalue weighted by Gasteiger charge is 1.50. The molecule has 0 atom stereocenters. The molecule has 0 aromatic heterocycles. The summed E-state index contributed by atoms with van der Waals surface area (Å²) in [6.45, 7) is 0. The van der Waals surface area contributed by atoms with Crippen molar-refractivity contribution in [1.29, 1.82) is 0 Å². The molecular weight excluding hydrogens is 104 g/mol. The minimum atomic E-state index is 1.10. The molecule has 0 N–H and O–H groups in total. The van der Waals surface area contributed by atoms with E-state index in [1.54, 1.807) is 0 Å². The molecule has 0 saturated carbocycles. The van der Waals surface area contributed by atoms with Gasteiger partial charge in [0.15, 0.2) is 11.1 Å². The maximum atomic E-state index is 4.21. The van der Waals surface area contributed by atoms with Crippen LogP contribution in [-0.2, 0) is 4.74 Å². The lowest BCUT2D eigenvalue weighted by Gasteiger charge is -1.72. The number of thiocarbonyl (C=S) groups is 2. The monoisotopic (exact) mass is 106 g/mol. The predicted molar refractivity (Wildman–Crippen MR) is 28.4 cm³/mol. The third-order valence-electron chi connectivity index (χ3n) is 0.111. The van der Waals surface area contributed by atoms with E-state index in [1.807, 2.05) is 0 Å². The first-order chi connectivity index (χ1) is 2.41. The highest BCUT2D eigenvalue weighted by molar-refractivity contribution is 7.79. The van der Waals surface area contributed by atoms with Crippen LogP contribution < -0.4 is 0 Å². The van der Waals surface area contributed by atoms with Gasteiger partial charge in [0.1, 0.15) is 0 Å². The zero-order valence-corrected chi connectivity index (χ0v) is 4.01. The van der Waals surface area contributed by atoms with Crippen LogP contribution in [-0.4, -0.2) is 11.1 Å². The van der Waals surface area contributed by atoms with Crippen LogP contribution >= 0.6 is 24.4 Å². The van der Waals surface area contributed by atoms with Crippen molar-refractivity contribution in [2.75, 3.05) is 0 Å². The Kier molecular flexibility index (Phi) is 3.96. The summed E-state index contributed by atoms with van der Waals surface area (Å²) < 4.78 is 4.21. The van der Waals surface area contributed by atoms with Gasteiger partial charge in [0.25, 0.3) is 0 Å². The summed E-state index contributed by atoms with van der Waals surface area (Å²) in [5.74, 6) is 0. The Balaban J connectivity index is 2.65. The third kappa shape index (κ3) is 3.98. The standard InChI is InChI=1S/C2H2OS2/c4-1-3-2-5/h1-2H. The lowest BCUT2D eigenvalue weighted by molar-refractivity contribution is 0.622. The number of ether oxygens (including phenoxy) is 1. The van der Waals surface area contributed by atoms with E-state index in [1.165, 1.54) is 0 Å². The van der Waals surface area contributed by atoms with Gasteiger partial charge in [-0.1, -0.05) is 0 Å². The van der Waals surface area contributed by atoms with Gasteiger partial charge < -0.3 is 4.74 Å². The summed E-state index contributed by atoms with van der Waals surface area (Å²) in [4.78, 5) is 0. The molecule has 3 heteroatoms. The second kappa shape index (κ2) is 3.98. The summed E-state index contributed by atoms with van der Waals surface area (Å²) in [5.41, 5.74) is 2.21. The number of hydrogen-bond donors (Lipinski definition) is 0. The van der Waals surface area contributed by atoms with Crippen molar-refractivity contribution < 1.29 is 4.74 Å². The van der Waals surface area contributed by atoms with E-state index in [0.717, 1.165) is 11.1 Å². The molecule has 0 radical (unpaired) electrons. The summed E-state index contributed by atoms with van der Waals surface area (Å²) >= 11 is 8.41. The SMILES string of the molecule is S=COC=S. The van der Waals surface area contributed by atoms with E-state index in [0.29, 0.717) is 0 Å². The lowest BCUT2D eigenvalue weighted by atomic mass is 11.5. The summed E-state index contributed by atoms with van der Waals surface area (Å²) in [7, 11) is 0. The van der Waals surface area contributed by atoms with Gasteiger partial charge in [-0.05, 0) is 24.4 Å². The zero-order chi connectivity index (χ0) is 4.12. The van der Waals surface area contributed by atoms with Crippen molar-refractivity contribution in [3.8, 4) is 0 Å². The van der Waals surface area contributed by atoms with Crippen molar-refractivity contribution in [2.24, 2.45) is 0 Å². The number of rotatable bonds is 2. The molecule has 28 valence electrons. The highest BCUT2D eigenvalue weighted by Crippen LogP contribution is 1.54. The van der Waals surface area contributed by atoms with E-state index in [4.69, 9.17) is 0 Å². The first-order valence-corrected chi connectivity index (χ1v) is 1.89. The van der Waals surface area contributed by atoms with Crippen molar-refractivity contribution >= 4 is 35.5 Å². The maximum Gasteiger partial charge on any atom is 0.154 e. The van der Waals surface area contributed by atoms with E-state index in [-0.39, 0.29) is 0 Å². The first-order valence-electron chi connectivity index (χ1n) is 0.943. The molecule has 0 unspecified atom stereocenters. The van der Waals surface area contributed by atoms with Gasteiger partial charge in [-0.2, -0.15) is 0 Å². The van der Waals surface area contributed by atoms with E-state index in [9.17, 15) is 0 Å². The van der Waals surface area contributed by atoms with Gasteiger partial charge in [0.2, 0.25) is 0 Å². The van der Waals surface area contributed by atoms with Gasteiger partial charge >= 0.3 is 0 Å². The quantitative estimate of drug-likeness (QED) is 0.484. The lowest BCUT2D eigenvalue weighted by Crippen LogP contribution is -1.71. The minimum Gasteiger partial charge on any atom is -0.450 e.